The summed E-state index contributed by atoms with van der Waals surface area (Å²) in [6.07, 6.45) is 3.49. The molecule has 1 atom stereocenters. The number of hydrogen-bond donors (Lipinski definition) is 1. The Balaban J connectivity index is 2.50. The van der Waals surface area contributed by atoms with E-state index in [-0.39, 0.29) is 0 Å². The van der Waals surface area contributed by atoms with Crippen molar-refractivity contribution in [3.63, 3.8) is 0 Å². The maximum atomic E-state index is 10.6. The molecule has 0 saturated carbocycles. The summed E-state index contributed by atoms with van der Waals surface area (Å²) in [7, 11) is 0. The number of aryl methyl sites for hydroxylation is 2. The van der Waals surface area contributed by atoms with Gasteiger partial charge in [0.2, 0.25) is 0 Å². The van der Waals surface area contributed by atoms with Gasteiger partial charge in [0.15, 0.2) is 0 Å². The van der Waals surface area contributed by atoms with Crippen LogP contribution in [0.4, 0.5) is 0 Å². The van der Waals surface area contributed by atoms with Crippen LogP contribution in [0.15, 0.2) is 30.6 Å². The van der Waals surface area contributed by atoms with Crippen LogP contribution >= 0.6 is 11.3 Å². The molecule has 0 saturated heterocycles. The van der Waals surface area contributed by atoms with Gasteiger partial charge in [-0.15, -0.1) is 11.3 Å². The molecule has 0 aliphatic rings. The van der Waals surface area contributed by atoms with E-state index in [2.05, 4.69) is 4.98 Å². The average Bonchev–Trinajstić information content (AvgIpc) is 2.66. The lowest BCUT2D eigenvalue weighted by Gasteiger charge is -2.23. The summed E-state index contributed by atoms with van der Waals surface area (Å²) < 4.78 is 0. The molecule has 84 valence electrons. The first-order chi connectivity index (χ1) is 7.51. The average molecular weight is 233 g/mol. The predicted molar refractivity (Wildman–Crippen MR) is 66.7 cm³/mol. The highest BCUT2D eigenvalue weighted by molar-refractivity contribution is 7.12. The Bertz CT molecular complexity index is 502. The van der Waals surface area contributed by atoms with Crippen LogP contribution in [0.5, 0.6) is 0 Å². The molecule has 0 aromatic carbocycles. The van der Waals surface area contributed by atoms with Crippen LogP contribution in [0.2, 0.25) is 0 Å². The molecule has 2 aromatic heterocycles. The number of rotatable bonds is 2. The monoisotopic (exact) mass is 233 g/mol. The molecule has 2 aromatic rings. The fraction of sp³-hybridized carbons (Fsp3) is 0.308. The van der Waals surface area contributed by atoms with Gasteiger partial charge in [0, 0.05) is 27.7 Å². The number of aliphatic hydroxyl groups is 1. The van der Waals surface area contributed by atoms with Crippen molar-refractivity contribution in [2.75, 3.05) is 0 Å². The second-order valence-corrected chi connectivity index (χ2v) is 5.46. The van der Waals surface area contributed by atoms with Gasteiger partial charge in [0.25, 0.3) is 0 Å². The Kier molecular flexibility index (Phi) is 2.82. The van der Waals surface area contributed by atoms with Gasteiger partial charge in [-0.05, 0) is 44.5 Å². The number of hydrogen-bond acceptors (Lipinski definition) is 3. The van der Waals surface area contributed by atoms with Crippen molar-refractivity contribution in [3.05, 3.63) is 51.5 Å². The van der Waals surface area contributed by atoms with Crippen LogP contribution < -0.4 is 0 Å². The maximum absolute atomic E-state index is 10.6. The van der Waals surface area contributed by atoms with E-state index >= 15 is 0 Å². The van der Waals surface area contributed by atoms with E-state index in [0.717, 1.165) is 16.0 Å². The van der Waals surface area contributed by atoms with Crippen molar-refractivity contribution in [1.29, 1.82) is 0 Å². The second kappa shape index (κ2) is 4.00. The Morgan fingerprint density at radius 2 is 2.00 bits per heavy atom. The van der Waals surface area contributed by atoms with Gasteiger partial charge in [-0.25, -0.2) is 0 Å². The van der Waals surface area contributed by atoms with Gasteiger partial charge in [-0.2, -0.15) is 0 Å². The number of pyridine rings is 1. The Morgan fingerprint density at radius 1 is 1.25 bits per heavy atom. The molecule has 1 N–H and O–H groups in total. The molecule has 2 rings (SSSR count). The summed E-state index contributed by atoms with van der Waals surface area (Å²) >= 11 is 1.62. The molecule has 2 heterocycles. The Hall–Kier alpha value is -1.19. The van der Waals surface area contributed by atoms with E-state index in [9.17, 15) is 5.11 Å². The molecular weight excluding hydrogens is 218 g/mol. The molecule has 2 nitrogen and oxygen atoms in total. The van der Waals surface area contributed by atoms with Gasteiger partial charge in [0.05, 0.1) is 0 Å². The van der Waals surface area contributed by atoms with Crippen molar-refractivity contribution in [2.24, 2.45) is 0 Å². The van der Waals surface area contributed by atoms with Crippen LogP contribution in [0.3, 0.4) is 0 Å². The molecule has 0 fully saturated rings. The van der Waals surface area contributed by atoms with Crippen molar-refractivity contribution in [3.8, 4) is 0 Å². The zero-order valence-corrected chi connectivity index (χ0v) is 10.5. The van der Waals surface area contributed by atoms with E-state index in [1.165, 1.54) is 4.88 Å². The topological polar surface area (TPSA) is 33.1 Å². The fourth-order valence-electron chi connectivity index (χ4n) is 1.80. The van der Waals surface area contributed by atoms with E-state index in [0.29, 0.717) is 0 Å². The van der Waals surface area contributed by atoms with Crippen molar-refractivity contribution in [1.82, 2.24) is 4.98 Å². The fourth-order valence-corrected chi connectivity index (χ4v) is 2.73. The smallest absolute Gasteiger partial charge is 0.123 e. The van der Waals surface area contributed by atoms with Gasteiger partial charge in [0.1, 0.15) is 5.60 Å². The SMILES string of the molecule is Cc1ccc(C(C)(O)c2cnccc2C)s1. The lowest BCUT2D eigenvalue weighted by molar-refractivity contribution is 0.105. The highest BCUT2D eigenvalue weighted by atomic mass is 32.1. The van der Waals surface area contributed by atoms with E-state index < -0.39 is 5.60 Å². The van der Waals surface area contributed by atoms with Crippen molar-refractivity contribution >= 4 is 11.3 Å². The van der Waals surface area contributed by atoms with Crippen LogP contribution in [-0.2, 0) is 5.60 Å². The standard InChI is InChI=1S/C13H15NOS/c1-9-6-7-14-8-11(9)13(3,15)12-5-4-10(2)16-12/h4-8,15H,1-3H3. The van der Waals surface area contributed by atoms with Crippen molar-refractivity contribution < 1.29 is 5.11 Å². The van der Waals surface area contributed by atoms with E-state index in [1.54, 1.807) is 23.7 Å². The van der Waals surface area contributed by atoms with Crippen LogP contribution in [-0.4, -0.2) is 10.1 Å². The summed E-state index contributed by atoms with van der Waals surface area (Å²) in [5.74, 6) is 0. The molecule has 0 radical (unpaired) electrons. The summed E-state index contributed by atoms with van der Waals surface area (Å²) in [6.45, 7) is 5.86. The molecule has 16 heavy (non-hydrogen) atoms. The Morgan fingerprint density at radius 3 is 2.56 bits per heavy atom. The molecule has 0 aliphatic carbocycles. The van der Waals surface area contributed by atoms with Crippen molar-refractivity contribution in [2.45, 2.75) is 26.4 Å². The van der Waals surface area contributed by atoms with Gasteiger partial charge < -0.3 is 5.11 Å². The minimum absolute atomic E-state index is 0.872. The lowest BCUT2D eigenvalue weighted by Crippen LogP contribution is -2.22. The van der Waals surface area contributed by atoms with Crippen LogP contribution in [0, 0.1) is 13.8 Å². The van der Waals surface area contributed by atoms with Gasteiger partial charge >= 0.3 is 0 Å². The third-order valence-corrected chi connectivity index (χ3v) is 4.00. The first-order valence-corrected chi connectivity index (χ1v) is 6.04. The van der Waals surface area contributed by atoms with Crippen LogP contribution in [0.1, 0.15) is 27.8 Å². The molecule has 1 unspecified atom stereocenters. The largest absolute Gasteiger partial charge is 0.380 e. The first-order valence-electron chi connectivity index (χ1n) is 5.22. The molecule has 0 aliphatic heterocycles. The second-order valence-electron chi connectivity index (χ2n) is 4.17. The summed E-state index contributed by atoms with van der Waals surface area (Å²) in [6, 6.07) is 5.93. The summed E-state index contributed by atoms with van der Waals surface area (Å²) in [5.41, 5.74) is 0.986. The number of nitrogens with zero attached hydrogens (tertiary/aromatic N) is 1. The minimum Gasteiger partial charge on any atom is -0.380 e. The molecule has 0 amide bonds. The number of thiophene rings is 1. The third kappa shape index (κ3) is 1.88. The van der Waals surface area contributed by atoms with Gasteiger partial charge in [-0.3, -0.25) is 4.98 Å². The predicted octanol–water partition coefficient (Wildman–Crippen LogP) is 3.02. The summed E-state index contributed by atoms with van der Waals surface area (Å²) in [5, 5.41) is 10.6. The zero-order chi connectivity index (χ0) is 11.8. The lowest BCUT2D eigenvalue weighted by atomic mass is 9.92. The highest BCUT2D eigenvalue weighted by Gasteiger charge is 2.28. The molecule has 0 bridgehead atoms. The summed E-state index contributed by atoms with van der Waals surface area (Å²) in [4.78, 5) is 6.25. The van der Waals surface area contributed by atoms with E-state index in [1.807, 2.05) is 39.0 Å². The maximum Gasteiger partial charge on any atom is 0.123 e. The Labute approximate surface area is 99.6 Å². The first kappa shape index (κ1) is 11.3. The zero-order valence-electron chi connectivity index (χ0n) is 9.69. The number of aromatic nitrogens is 1. The quantitative estimate of drug-likeness (QED) is 0.865. The molecular formula is C13H15NOS. The molecule has 0 spiro atoms. The van der Waals surface area contributed by atoms with Crippen LogP contribution in [0.25, 0.3) is 0 Å². The molecule has 3 heteroatoms. The normalized spacial score (nSPS) is 14.8. The minimum atomic E-state index is -0.947. The highest BCUT2D eigenvalue weighted by Crippen LogP contribution is 2.34. The third-order valence-electron chi connectivity index (χ3n) is 2.78. The van der Waals surface area contributed by atoms with Gasteiger partial charge in [-0.1, -0.05) is 0 Å². The van der Waals surface area contributed by atoms with E-state index in [4.69, 9.17) is 0 Å².